The summed E-state index contributed by atoms with van der Waals surface area (Å²) in [5.74, 6) is 0.840. The normalized spacial score (nSPS) is 30.4. The van der Waals surface area contributed by atoms with Crippen LogP contribution in [0.2, 0.25) is 0 Å². The van der Waals surface area contributed by atoms with Crippen LogP contribution >= 0.6 is 0 Å². The topological polar surface area (TPSA) is 0 Å². The molecule has 0 heterocycles. The maximum Gasteiger partial charge on any atom is -0.0110 e. The first kappa shape index (κ1) is 7.84. The highest BCUT2D eigenvalue weighted by molar-refractivity contribution is 5.13. The van der Waals surface area contributed by atoms with E-state index >= 15 is 0 Å². The van der Waals surface area contributed by atoms with Crippen molar-refractivity contribution in [2.75, 3.05) is 0 Å². The second kappa shape index (κ2) is 2.41. The van der Waals surface area contributed by atoms with Crippen molar-refractivity contribution in [3.63, 3.8) is 0 Å². The summed E-state index contributed by atoms with van der Waals surface area (Å²) < 4.78 is 0. The van der Waals surface area contributed by atoms with Crippen LogP contribution in [-0.4, -0.2) is 0 Å². The molecule has 1 aliphatic rings. The lowest BCUT2D eigenvalue weighted by Gasteiger charge is -2.28. The van der Waals surface area contributed by atoms with Crippen molar-refractivity contribution in [2.45, 2.75) is 40.5 Å². The quantitative estimate of drug-likeness (QED) is 0.520. The minimum Gasteiger partial charge on any atom is -0.0651 e. The van der Waals surface area contributed by atoms with Crippen molar-refractivity contribution >= 4 is 0 Å². The van der Waals surface area contributed by atoms with E-state index in [0.29, 0.717) is 5.41 Å². The van der Waals surface area contributed by atoms with E-state index in [9.17, 15) is 0 Å². The molecule has 10 heavy (non-hydrogen) atoms. The zero-order chi connectivity index (χ0) is 7.78. The van der Waals surface area contributed by atoms with E-state index in [4.69, 9.17) is 0 Å². The van der Waals surface area contributed by atoms with Gasteiger partial charge in [-0.05, 0) is 30.8 Å². The van der Waals surface area contributed by atoms with Crippen LogP contribution in [-0.2, 0) is 0 Å². The maximum absolute atomic E-state index is 3.43. The third-order valence-corrected chi connectivity index (χ3v) is 3.09. The molecule has 1 atom stereocenters. The molecule has 0 saturated carbocycles. The van der Waals surface area contributed by atoms with Gasteiger partial charge in [-0.2, -0.15) is 0 Å². The first-order valence-electron chi connectivity index (χ1n) is 4.17. The molecule has 0 spiro atoms. The smallest absolute Gasteiger partial charge is 0.0110 e. The first-order valence-corrected chi connectivity index (χ1v) is 4.17. The van der Waals surface area contributed by atoms with E-state index < -0.39 is 0 Å². The van der Waals surface area contributed by atoms with Crippen molar-refractivity contribution in [1.82, 2.24) is 0 Å². The fourth-order valence-electron chi connectivity index (χ4n) is 1.72. The van der Waals surface area contributed by atoms with Gasteiger partial charge < -0.3 is 0 Å². The van der Waals surface area contributed by atoms with Crippen LogP contribution in [0.15, 0.2) is 5.57 Å². The summed E-state index contributed by atoms with van der Waals surface area (Å²) in [4.78, 5) is 0. The second-order valence-electron chi connectivity index (χ2n) is 3.83. The third-order valence-electron chi connectivity index (χ3n) is 3.09. The van der Waals surface area contributed by atoms with Gasteiger partial charge in [-0.1, -0.05) is 32.8 Å². The van der Waals surface area contributed by atoms with Crippen molar-refractivity contribution in [2.24, 2.45) is 11.3 Å². The molecule has 0 aromatic carbocycles. The molecule has 0 aromatic rings. The summed E-state index contributed by atoms with van der Waals surface area (Å²) in [6.45, 7) is 9.13. The van der Waals surface area contributed by atoms with E-state index in [1.807, 2.05) is 0 Å². The molecular weight excluding hydrogens is 120 g/mol. The molecular formula is C10H17. The molecule has 0 amide bonds. The van der Waals surface area contributed by atoms with E-state index in [2.05, 4.69) is 33.8 Å². The lowest BCUT2D eigenvalue weighted by Crippen LogP contribution is -2.19. The van der Waals surface area contributed by atoms with Gasteiger partial charge in [0.2, 0.25) is 0 Å². The Labute approximate surface area is 64.3 Å². The van der Waals surface area contributed by atoms with Gasteiger partial charge in [0.15, 0.2) is 0 Å². The molecule has 1 radical (unpaired) electrons. The fraction of sp³-hybridized carbons (Fsp3) is 0.800. The summed E-state index contributed by atoms with van der Waals surface area (Å²) in [6, 6.07) is 0. The summed E-state index contributed by atoms with van der Waals surface area (Å²) in [5.41, 5.74) is 1.88. The standard InChI is InChI=1S/C10H17/c1-5-9-7-6-8(2)10(9,3)4/h9H,5,7H2,1-4H3. The van der Waals surface area contributed by atoms with Crippen molar-refractivity contribution < 1.29 is 0 Å². The Balaban J connectivity index is 2.74. The van der Waals surface area contributed by atoms with Gasteiger partial charge in [0.25, 0.3) is 0 Å². The molecule has 1 rings (SSSR count). The summed E-state index contributed by atoms with van der Waals surface area (Å²) in [5, 5.41) is 0. The van der Waals surface area contributed by atoms with Crippen molar-refractivity contribution in [1.29, 1.82) is 0 Å². The van der Waals surface area contributed by atoms with Crippen LogP contribution in [0, 0.1) is 17.4 Å². The molecule has 0 nitrogen and oxygen atoms in total. The van der Waals surface area contributed by atoms with Crippen LogP contribution < -0.4 is 0 Å². The fourth-order valence-corrected chi connectivity index (χ4v) is 1.72. The van der Waals surface area contributed by atoms with Gasteiger partial charge in [-0.15, -0.1) is 0 Å². The molecule has 0 heteroatoms. The zero-order valence-corrected chi connectivity index (χ0v) is 7.49. The minimum absolute atomic E-state index is 0.425. The summed E-state index contributed by atoms with van der Waals surface area (Å²) in [7, 11) is 0. The molecule has 0 saturated heterocycles. The SMILES string of the molecule is CCC1C[C]=C(C)C1(C)C. The van der Waals surface area contributed by atoms with Gasteiger partial charge in [-0.25, -0.2) is 0 Å². The highest BCUT2D eigenvalue weighted by atomic mass is 14.4. The van der Waals surface area contributed by atoms with Gasteiger partial charge in [0.1, 0.15) is 0 Å². The Bertz CT molecular complexity index is 151. The Morgan fingerprint density at radius 2 is 2.20 bits per heavy atom. The average Bonchev–Trinajstić information content (AvgIpc) is 2.10. The average molecular weight is 137 g/mol. The predicted molar refractivity (Wildman–Crippen MR) is 44.6 cm³/mol. The molecule has 57 valence electrons. The van der Waals surface area contributed by atoms with Gasteiger partial charge in [-0.3, -0.25) is 0 Å². The Hall–Kier alpha value is -0.260. The zero-order valence-electron chi connectivity index (χ0n) is 7.49. The Morgan fingerprint density at radius 1 is 1.60 bits per heavy atom. The lowest BCUT2D eigenvalue weighted by molar-refractivity contribution is 0.284. The van der Waals surface area contributed by atoms with E-state index in [-0.39, 0.29) is 0 Å². The number of hydrogen-bond acceptors (Lipinski definition) is 0. The minimum atomic E-state index is 0.425. The lowest BCUT2D eigenvalue weighted by atomic mass is 9.76. The first-order chi connectivity index (χ1) is 4.59. The highest BCUT2D eigenvalue weighted by Crippen LogP contribution is 2.43. The Kier molecular flexibility index (Phi) is 1.89. The molecule has 1 unspecified atom stereocenters. The Morgan fingerprint density at radius 3 is 2.40 bits per heavy atom. The molecule has 1 aliphatic carbocycles. The summed E-state index contributed by atoms with van der Waals surface area (Å²) >= 11 is 0. The van der Waals surface area contributed by atoms with Gasteiger partial charge in [0.05, 0.1) is 0 Å². The number of allylic oxidation sites excluding steroid dienone is 2. The largest absolute Gasteiger partial charge is 0.0651 e. The van der Waals surface area contributed by atoms with Crippen molar-refractivity contribution in [3.8, 4) is 0 Å². The molecule has 0 bridgehead atoms. The monoisotopic (exact) mass is 137 g/mol. The number of hydrogen-bond donors (Lipinski definition) is 0. The van der Waals surface area contributed by atoms with Crippen LogP contribution in [0.4, 0.5) is 0 Å². The molecule has 0 N–H and O–H groups in total. The molecule has 0 aliphatic heterocycles. The highest BCUT2D eigenvalue weighted by Gasteiger charge is 2.33. The maximum atomic E-state index is 3.43. The predicted octanol–water partition coefficient (Wildman–Crippen LogP) is 3.19. The van der Waals surface area contributed by atoms with E-state index in [1.165, 1.54) is 18.4 Å². The van der Waals surface area contributed by atoms with Crippen LogP contribution in [0.3, 0.4) is 0 Å². The summed E-state index contributed by atoms with van der Waals surface area (Å²) in [6.07, 6.45) is 5.89. The number of rotatable bonds is 1. The van der Waals surface area contributed by atoms with Crippen LogP contribution in [0.25, 0.3) is 0 Å². The molecule has 0 fully saturated rings. The van der Waals surface area contributed by atoms with E-state index in [0.717, 1.165) is 5.92 Å². The van der Waals surface area contributed by atoms with E-state index in [1.54, 1.807) is 0 Å². The van der Waals surface area contributed by atoms with Crippen LogP contribution in [0.5, 0.6) is 0 Å². The van der Waals surface area contributed by atoms with Gasteiger partial charge >= 0.3 is 0 Å². The third kappa shape index (κ3) is 1.00. The molecule has 0 aromatic heterocycles. The van der Waals surface area contributed by atoms with Gasteiger partial charge in [0, 0.05) is 0 Å². The van der Waals surface area contributed by atoms with Crippen LogP contribution in [0.1, 0.15) is 40.5 Å². The van der Waals surface area contributed by atoms with Crippen molar-refractivity contribution in [3.05, 3.63) is 11.6 Å². The second-order valence-corrected chi connectivity index (χ2v) is 3.83.